The molecule has 2 saturated heterocycles. The Labute approximate surface area is 132 Å². The summed E-state index contributed by atoms with van der Waals surface area (Å²) in [6, 6.07) is -0.880. The van der Waals surface area contributed by atoms with E-state index in [-0.39, 0.29) is 0 Å². The summed E-state index contributed by atoms with van der Waals surface area (Å²) in [6.07, 6.45) is 0. The molecule has 0 aromatic heterocycles. The van der Waals surface area contributed by atoms with E-state index >= 15 is 0 Å². The quantitative estimate of drug-likeness (QED) is 0.423. The highest BCUT2D eigenvalue weighted by molar-refractivity contribution is 8.02. The first-order chi connectivity index (χ1) is 9.94. The predicted molar refractivity (Wildman–Crippen MR) is 77.9 cm³/mol. The summed E-state index contributed by atoms with van der Waals surface area (Å²) in [4.78, 5) is 48.1. The van der Waals surface area contributed by atoms with Gasteiger partial charge in [0.1, 0.15) is 17.0 Å². The molecule has 0 aromatic rings. The molecule has 0 unspecified atom stereocenters. The molecule has 0 bridgehead atoms. The number of thioether (sulfide) groups is 1. The van der Waals surface area contributed by atoms with Gasteiger partial charge in [-0.15, -0.1) is 11.8 Å². The topological polar surface area (TPSA) is 90.0 Å². The smallest absolute Gasteiger partial charge is 0.344 e. The Bertz CT molecular complexity index is 550. The Balaban J connectivity index is 1.99. The molecular formula is C14H19NO6S. The zero-order valence-corrected chi connectivity index (χ0v) is 14.0. The Hall–Kier alpha value is -1.57. The molecule has 2 atom stereocenters. The summed E-state index contributed by atoms with van der Waals surface area (Å²) in [6.45, 7) is 8.12. The van der Waals surface area contributed by atoms with Crippen molar-refractivity contribution in [1.82, 2.24) is 4.90 Å². The van der Waals surface area contributed by atoms with E-state index in [9.17, 15) is 19.2 Å². The summed E-state index contributed by atoms with van der Waals surface area (Å²) in [5.41, 5.74) is -0.670. The number of amides is 1. The molecule has 0 radical (unpaired) electrons. The second kappa shape index (κ2) is 5.26. The number of esters is 2. The number of hydrogen-bond donors (Lipinski definition) is 0. The number of β-lactam (4-membered cyclic amide) rings is 1. The number of carbonyl (C=O) groups is 4. The van der Waals surface area contributed by atoms with Crippen molar-refractivity contribution >= 4 is 35.4 Å². The molecule has 7 nitrogen and oxygen atoms in total. The molecule has 2 aliphatic rings. The molecule has 2 rings (SSSR count). The van der Waals surface area contributed by atoms with Crippen LogP contribution < -0.4 is 0 Å². The molecule has 0 spiro atoms. The summed E-state index contributed by atoms with van der Waals surface area (Å²) in [7, 11) is 0. The molecule has 0 aliphatic carbocycles. The maximum atomic E-state index is 12.2. The van der Waals surface area contributed by atoms with Crippen molar-refractivity contribution in [3.8, 4) is 0 Å². The molecule has 2 heterocycles. The largest absolute Gasteiger partial charge is 0.457 e. The van der Waals surface area contributed by atoms with Gasteiger partial charge in [-0.25, -0.2) is 9.59 Å². The minimum absolute atomic E-state index is 0.500. The van der Waals surface area contributed by atoms with Crippen molar-refractivity contribution in [1.29, 1.82) is 0 Å². The normalized spacial score (nSPS) is 26.3. The minimum atomic E-state index is -0.880. The molecule has 0 N–H and O–H groups in total. The van der Waals surface area contributed by atoms with Crippen LogP contribution in [0.5, 0.6) is 0 Å². The monoisotopic (exact) mass is 329 g/mol. The molecule has 0 aromatic carbocycles. The second-order valence-electron chi connectivity index (χ2n) is 6.75. The van der Waals surface area contributed by atoms with Crippen LogP contribution in [0, 0.1) is 0 Å². The van der Waals surface area contributed by atoms with Gasteiger partial charge in [-0.05, 0) is 34.6 Å². The van der Waals surface area contributed by atoms with Crippen molar-refractivity contribution in [3.63, 3.8) is 0 Å². The third-order valence-electron chi connectivity index (χ3n) is 3.25. The number of hydrogen-bond acceptors (Lipinski definition) is 7. The van der Waals surface area contributed by atoms with Crippen LogP contribution in [0.1, 0.15) is 34.6 Å². The first-order valence-corrected chi connectivity index (χ1v) is 7.75. The number of ketones is 1. The summed E-state index contributed by atoms with van der Waals surface area (Å²) < 4.78 is 9.37. The summed E-state index contributed by atoms with van der Waals surface area (Å²) in [5.74, 6) is -2.54. The van der Waals surface area contributed by atoms with E-state index in [1.165, 1.54) is 16.7 Å². The summed E-state index contributed by atoms with van der Waals surface area (Å²) in [5, 5.41) is -0.624. The molecule has 8 heteroatoms. The average molecular weight is 329 g/mol. The highest BCUT2D eigenvalue weighted by Gasteiger charge is 2.64. The van der Waals surface area contributed by atoms with E-state index in [1.807, 2.05) is 0 Å². The van der Waals surface area contributed by atoms with Crippen LogP contribution in [0.25, 0.3) is 0 Å². The van der Waals surface area contributed by atoms with Gasteiger partial charge in [0.2, 0.25) is 0 Å². The highest BCUT2D eigenvalue weighted by Crippen LogP contribution is 2.49. The fraction of sp³-hybridized carbons (Fsp3) is 0.714. The van der Waals surface area contributed by atoms with E-state index in [0.717, 1.165) is 0 Å². The molecule has 0 saturated carbocycles. The Morgan fingerprint density at radius 2 is 1.86 bits per heavy atom. The molecule has 1 amide bonds. The van der Waals surface area contributed by atoms with Gasteiger partial charge in [0.25, 0.3) is 11.7 Å². The van der Waals surface area contributed by atoms with Crippen molar-refractivity contribution in [3.05, 3.63) is 0 Å². The van der Waals surface area contributed by atoms with Gasteiger partial charge in [-0.1, -0.05) is 0 Å². The molecule has 2 aliphatic heterocycles. The van der Waals surface area contributed by atoms with E-state index in [2.05, 4.69) is 0 Å². The average Bonchev–Trinajstić information content (AvgIpc) is 2.62. The lowest BCUT2D eigenvalue weighted by molar-refractivity contribution is -0.173. The van der Waals surface area contributed by atoms with Gasteiger partial charge >= 0.3 is 11.9 Å². The Morgan fingerprint density at radius 1 is 1.27 bits per heavy atom. The van der Waals surface area contributed by atoms with Crippen LogP contribution in [0.4, 0.5) is 0 Å². The van der Waals surface area contributed by atoms with Crippen molar-refractivity contribution in [2.24, 2.45) is 0 Å². The number of fused-ring (bicyclic) bond motifs is 1. The van der Waals surface area contributed by atoms with Gasteiger partial charge in [0.05, 0.1) is 0 Å². The van der Waals surface area contributed by atoms with Crippen molar-refractivity contribution < 1.29 is 28.7 Å². The van der Waals surface area contributed by atoms with Crippen LogP contribution >= 0.6 is 11.8 Å². The number of Topliss-reactive ketones (excluding diaryl/α,β-unsaturated/α-hetero) is 1. The van der Waals surface area contributed by atoms with Crippen LogP contribution in [0.3, 0.4) is 0 Å². The van der Waals surface area contributed by atoms with Crippen LogP contribution in [0.15, 0.2) is 0 Å². The Kier molecular flexibility index (Phi) is 4.01. The van der Waals surface area contributed by atoms with Crippen molar-refractivity contribution in [2.45, 2.75) is 56.4 Å². The maximum absolute atomic E-state index is 12.2. The van der Waals surface area contributed by atoms with Gasteiger partial charge in [0, 0.05) is 4.75 Å². The molecular weight excluding hydrogens is 310 g/mol. The van der Waals surface area contributed by atoms with Gasteiger partial charge < -0.3 is 14.4 Å². The lowest BCUT2D eigenvalue weighted by atomic mass is 9.98. The first-order valence-electron chi connectivity index (χ1n) is 6.87. The van der Waals surface area contributed by atoms with Crippen LogP contribution in [0.2, 0.25) is 0 Å². The van der Waals surface area contributed by atoms with E-state index < -0.39 is 52.0 Å². The standard InChI is InChI=1S/C14H19NO6S/c1-13(2,3)21-7(16)6-20-12(19)9-14(4,5)22-11-8(17)10(18)15(9)11/h9,11H,6H2,1-5H3/t9-,11+/m0/s1. The fourth-order valence-electron chi connectivity index (χ4n) is 2.43. The van der Waals surface area contributed by atoms with Gasteiger partial charge in [-0.3, -0.25) is 9.59 Å². The lowest BCUT2D eigenvalue weighted by Crippen LogP contribution is -2.63. The third-order valence-corrected chi connectivity index (χ3v) is 4.75. The first kappa shape index (κ1) is 16.8. The van der Waals surface area contributed by atoms with E-state index in [4.69, 9.17) is 9.47 Å². The zero-order chi connectivity index (χ0) is 16.9. The fourth-order valence-corrected chi connectivity index (χ4v) is 3.88. The maximum Gasteiger partial charge on any atom is 0.344 e. The molecule has 22 heavy (non-hydrogen) atoms. The zero-order valence-electron chi connectivity index (χ0n) is 13.2. The lowest BCUT2D eigenvalue weighted by Gasteiger charge is -2.35. The van der Waals surface area contributed by atoms with E-state index in [0.29, 0.717) is 0 Å². The van der Waals surface area contributed by atoms with Gasteiger partial charge in [-0.2, -0.15) is 0 Å². The number of nitrogens with zero attached hydrogens (tertiary/aromatic N) is 1. The van der Waals surface area contributed by atoms with Crippen LogP contribution in [-0.2, 0) is 28.7 Å². The predicted octanol–water partition coefficient (Wildman–Crippen LogP) is 0.503. The Morgan fingerprint density at radius 3 is 2.41 bits per heavy atom. The number of carbonyl (C=O) groups excluding carboxylic acids is 4. The van der Waals surface area contributed by atoms with Crippen LogP contribution in [-0.4, -0.2) is 56.9 Å². The van der Waals surface area contributed by atoms with E-state index in [1.54, 1.807) is 34.6 Å². The SMILES string of the molecule is CC(C)(C)OC(=O)COC(=O)[C@@H]1N2C(=O)C(=O)[C@H]2SC1(C)C. The second-order valence-corrected chi connectivity index (χ2v) is 8.48. The van der Waals surface area contributed by atoms with Gasteiger partial charge in [0.15, 0.2) is 6.61 Å². The number of ether oxygens (including phenoxy) is 2. The minimum Gasteiger partial charge on any atom is -0.457 e. The number of rotatable bonds is 3. The highest BCUT2D eigenvalue weighted by atomic mass is 32.2. The molecule has 2 fully saturated rings. The molecule has 122 valence electrons. The third kappa shape index (κ3) is 2.97. The van der Waals surface area contributed by atoms with Crippen molar-refractivity contribution in [2.75, 3.05) is 6.61 Å². The summed E-state index contributed by atoms with van der Waals surface area (Å²) >= 11 is 1.25.